The zero-order chi connectivity index (χ0) is 17.5. The van der Waals surface area contributed by atoms with Crippen molar-refractivity contribution < 1.29 is 4.79 Å². The largest absolute Gasteiger partial charge is 0.338 e. The molecule has 3 aromatic rings. The van der Waals surface area contributed by atoms with E-state index in [0.29, 0.717) is 12.6 Å². The minimum atomic E-state index is 0.182. The molecule has 2 aromatic carbocycles. The van der Waals surface area contributed by atoms with E-state index in [0.717, 1.165) is 43.6 Å². The van der Waals surface area contributed by atoms with Crippen molar-refractivity contribution in [2.45, 2.75) is 25.6 Å². The molecule has 3 heterocycles. The summed E-state index contributed by atoms with van der Waals surface area (Å²) in [5.74, 6) is 0.182. The van der Waals surface area contributed by atoms with Gasteiger partial charge in [0.2, 0.25) is 5.91 Å². The molecule has 2 aliphatic rings. The Morgan fingerprint density at radius 3 is 2.69 bits per heavy atom. The number of fused-ring (bicyclic) bond motifs is 2. The second kappa shape index (κ2) is 6.25. The number of likely N-dealkylation sites (tertiary alicyclic amines) is 1. The van der Waals surface area contributed by atoms with E-state index in [4.69, 9.17) is 0 Å². The maximum Gasteiger partial charge on any atom is 0.242 e. The molecule has 5 rings (SSSR count). The first-order valence-corrected chi connectivity index (χ1v) is 9.26. The third-order valence-electron chi connectivity index (χ3n) is 5.72. The number of hydrogen-bond donors (Lipinski definition) is 0. The van der Waals surface area contributed by atoms with Crippen molar-refractivity contribution in [2.24, 2.45) is 0 Å². The third-order valence-corrected chi connectivity index (χ3v) is 5.72. The maximum atomic E-state index is 12.6. The normalized spacial score (nSPS) is 17.9. The minimum Gasteiger partial charge on any atom is -0.338 e. The molecule has 1 aromatic heterocycles. The first-order chi connectivity index (χ1) is 12.8. The van der Waals surface area contributed by atoms with Gasteiger partial charge in [0.05, 0.1) is 17.4 Å². The van der Waals surface area contributed by atoms with Crippen LogP contribution >= 0.6 is 0 Å². The Labute approximate surface area is 152 Å². The number of carbonyl (C=O) groups is 1. The Hall–Kier alpha value is -2.66. The van der Waals surface area contributed by atoms with Gasteiger partial charge in [-0.1, -0.05) is 36.4 Å². The predicted molar refractivity (Wildman–Crippen MR) is 101 cm³/mol. The summed E-state index contributed by atoms with van der Waals surface area (Å²) in [6.45, 7) is 4.15. The van der Waals surface area contributed by atoms with Crippen molar-refractivity contribution >= 4 is 16.9 Å². The van der Waals surface area contributed by atoms with Gasteiger partial charge in [0, 0.05) is 32.2 Å². The first-order valence-electron chi connectivity index (χ1n) is 9.26. The fourth-order valence-electron chi connectivity index (χ4n) is 4.10. The average molecular weight is 346 g/mol. The number of para-hydroxylation sites is 2. The third kappa shape index (κ3) is 2.69. The van der Waals surface area contributed by atoms with Crippen LogP contribution in [-0.2, 0) is 24.3 Å². The minimum absolute atomic E-state index is 0.182. The van der Waals surface area contributed by atoms with Crippen molar-refractivity contribution in [3.63, 3.8) is 0 Å². The lowest BCUT2D eigenvalue weighted by Gasteiger charge is -2.47. The topological polar surface area (TPSA) is 41.4 Å². The highest BCUT2D eigenvalue weighted by atomic mass is 16.2. The number of nitrogens with zero attached hydrogens (tertiary/aromatic N) is 4. The molecule has 5 heteroatoms. The van der Waals surface area contributed by atoms with Crippen LogP contribution in [-0.4, -0.2) is 50.9 Å². The molecular weight excluding hydrogens is 324 g/mol. The van der Waals surface area contributed by atoms with Crippen molar-refractivity contribution in [2.75, 3.05) is 19.6 Å². The van der Waals surface area contributed by atoms with E-state index >= 15 is 0 Å². The number of benzene rings is 2. The van der Waals surface area contributed by atoms with Crippen molar-refractivity contribution in [1.29, 1.82) is 0 Å². The quantitative estimate of drug-likeness (QED) is 0.731. The maximum absolute atomic E-state index is 12.6. The molecule has 0 N–H and O–H groups in total. The number of carbonyl (C=O) groups excluding carboxylic acids is 1. The molecule has 0 bridgehead atoms. The molecule has 1 amide bonds. The van der Waals surface area contributed by atoms with E-state index in [1.807, 2.05) is 33.7 Å². The highest BCUT2D eigenvalue weighted by Crippen LogP contribution is 2.24. The number of hydrogen-bond acceptors (Lipinski definition) is 3. The number of rotatable bonds is 3. The molecule has 26 heavy (non-hydrogen) atoms. The van der Waals surface area contributed by atoms with Gasteiger partial charge in [-0.05, 0) is 29.7 Å². The smallest absolute Gasteiger partial charge is 0.242 e. The molecule has 0 radical (unpaired) electrons. The van der Waals surface area contributed by atoms with Gasteiger partial charge in [-0.3, -0.25) is 9.69 Å². The summed E-state index contributed by atoms with van der Waals surface area (Å²) in [5.41, 5.74) is 4.87. The Balaban J connectivity index is 1.20. The van der Waals surface area contributed by atoms with Crippen LogP contribution < -0.4 is 0 Å². The van der Waals surface area contributed by atoms with Crippen molar-refractivity contribution in [3.8, 4) is 0 Å². The number of amides is 1. The second-order valence-electron chi connectivity index (χ2n) is 7.30. The van der Waals surface area contributed by atoms with Crippen LogP contribution in [0.5, 0.6) is 0 Å². The Kier molecular flexibility index (Phi) is 3.75. The zero-order valence-corrected chi connectivity index (χ0v) is 14.7. The summed E-state index contributed by atoms with van der Waals surface area (Å²) in [5, 5.41) is 0. The standard InChI is InChI=1S/C21H22N4O/c26-21(14-25-15-22-19-7-3-4-8-20(19)25)24-12-18(13-24)23-10-9-16-5-1-2-6-17(16)11-23/h1-8,15,18H,9-14H2. The molecule has 2 aliphatic heterocycles. The van der Waals surface area contributed by atoms with E-state index < -0.39 is 0 Å². The summed E-state index contributed by atoms with van der Waals surface area (Å²) in [6, 6.07) is 17.1. The molecule has 1 saturated heterocycles. The number of imidazole rings is 1. The molecule has 1 fully saturated rings. The van der Waals surface area contributed by atoms with E-state index in [1.54, 1.807) is 6.33 Å². The molecule has 132 valence electrons. The monoisotopic (exact) mass is 346 g/mol. The molecule has 5 nitrogen and oxygen atoms in total. The van der Waals surface area contributed by atoms with Crippen molar-refractivity contribution in [3.05, 3.63) is 66.0 Å². The lowest BCUT2D eigenvalue weighted by Crippen LogP contribution is -2.62. The molecular formula is C21H22N4O. The summed E-state index contributed by atoms with van der Waals surface area (Å²) in [7, 11) is 0. The average Bonchev–Trinajstić information content (AvgIpc) is 3.03. The molecule has 0 atom stereocenters. The fraction of sp³-hybridized carbons (Fsp3) is 0.333. The summed E-state index contributed by atoms with van der Waals surface area (Å²) in [6.07, 6.45) is 2.88. The first kappa shape index (κ1) is 15.6. The van der Waals surface area contributed by atoms with Crippen LogP contribution in [0.4, 0.5) is 0 Å². The van der Waals surface area contributed by atoms with E-state index in [-0.39, 0.29) is 5.91 Å². The lowest BCUT2D eigenvalue weighted by atomic mass is 9.96. The van der Waals surface area contributed by atoms with Gasteiger partial charge in [0.25, 0.3) is 0 Å². The van der Waals surface area contributed by atoms with Crippen LogP contribution in [0.15, 0.2) is 54.9 Å². The molecule has 0 aliphatic carbocycles. The fourth-order valence-corrected chi connectivity index (χ4v) is 4.10. The van der Waals surface area contributed by atoms with E-state index in [2.05, 4.69) is 34.1 Å². The van der Waals surface area contributed by atoms with E-state index in [9.17, 15) is 4.79 Å². The van der Waals surface area contributed by atoms with E-state index in [1.165, 1.54) is 11.1 Å². The highest BCUT2D eigenvalue weighted by molar-refractivity contribution is 5.81. The van der Waals surface area contributed by atoms with Gasteiger partial charge >= 0.3 is 0 Å². The predicted octanol–water partition coefficient (Wildman–Crippen LogP) is 2.31. The van der Waals surface area contributed by atoms with Gasteiger partial charge in [0.15, 0.2) is 0 Å². The second-order valence-corrected chi connectivity index (χ2v) is 7.30. The van der Waals surface area contributed by atoms with Gasteiger partial charge in [-0.2, -0.15) is 0 Å². The van der Waals surface area contributed by atoms with Crippen LogP contribution in [0.2, 0.25) is 0 Å². The van der Waals surface area contributed by atoms with Crippen LogP contribution in [0.3, 0.4) is 0 Å². The van der Waals surface area contributed by atoms with Gasteiger partial charge in [-0.25, -0.2) is 4.98 Å². The zero-order valence-electron chi connectivity index (χ0n) is 14.7. The number of aromatic nitrogens is 2. The van der Waals surface area contributed by atoms with Gasteiger partial charge in [0.1, 0.15) is 6.54 Å². The summed E-state index contributed by atoms with van der Waals surface area (Å²) in [4.78, 5) is 21.5. The van der Waals surface area contributed by atoms with Crippen LogP contribution in [0, 0.1) is 0 Å². The van der Waals surface area contributed by atoms with Gasteiger partial charge in [-0.15, -0.1) is 0 Å². The summed E-state index contributed by atoms with van der Waals surface area (Å²) >= 11 is 0. The SMILES string of the molecule is O=C(Cn1cnc2ccccc21)N1CC(N2CCc3ccccc3C2)C1. The Bertz CT molecular complexity index is 957. The lowest BCUT2D eigenvalue weighted by molar-refractivity contribution is -0.139. The Morgan fingerprint density at radius 2 is 1.81 bits per heavy atom. The summed E-state index contributed by atoms with van der Waals surface area (Å²) < 4.78 is 1.95. The van der Waals surface area contributed by atoms with Gasteiger partial charge < -0.3 is 9.47 Å². The molecule has 0 unspecified atom stereocenters. The highest BCUT2D eigenvalue weighted by Gasteiger charge is 2.35. The molecule has 0 saturated carbocycles. The van der Waals surface area contributed by atoms with Crippen molar-refractivity contribution in [1.82, 2.24) is 19.4 Å². The Morgan fingerprint density at radius 1 is 1.04 bits per heavy atom. The molecule has 0 spiro atoms. The van der Waals surface area contributed by atoms with Crippen LogP contribution in [0.25, 0.3) is 11.0 Å². The van der Waals surface area contributed by atoms with Crippen LogP contribution in [0.1, 0.15) is 11.1 Å².